The van der Waals surface area contributed by atoms with Crippen LogP contribution in [0.25, 0.3) is 22.3 Å². The topological polar surface area (TPSA) is 82.8 Å². The van der Waals surface area contributed by atoms with Crippen LogP contribution in [-0.2, 0) is 29.9 Å². The van der Waals surface area contributed by atoms with Gasteiger partial charge >= 0.3 is 0 Å². The van der Waals surface area contributed by atoms with Gasteiger partial charge in [-0.2, -0.15) is 0 Å². The number of hydrogen-bond donors (Lipinski definition) is 1. The first-order valence-electron chi connectivity index (χ1n) is 12.4. The summed E-state index contributed by atoms with van der Waals surface area (Å²) in [6.45, 7) is 13.8. The first kappa shape index (κ1) is 22.2. The molecule has 3 aliphatic heterocycles. The van der Waals surface area contributed by atoms with Gasteiger partial charge in [0.05, 0.1) is 29.0 Å². The molecule has 7 heteroatoms. The molecule has 1 atom stereocenters. The number of fused-ring (bicyclic) bond motifs is 6. The highest BCUT2D eigenvalue weighted by molar-refractivity contribution is 5.94. The van der Waals surface area contributed by atoms with Gasteiger partial charge in [0.15, 0.2) is 11.5 Å². The molecule has 0 saturated carbocycles. The average molecular weight is 475 g/mol. The van der Waals surface area contributed by atoms with Crippen molar-refractivity contribution >= 4 is 10.9 Å². The number of aliphatic hydroxyl groups is 1. The smallest absolute Gasteiger partial charge is 0.258 e. The number of nitrogens with zero attached hydrogens (tertiary/aromatic N) is 2. The molecule has 3 aliphatic rings. The summed E-state index contributed by atoms with van der Waals surface area (Å²) < 4.78 is 19.4. The second-order valence-corrected chi connectivity index (χ2v) is 9.87. The minimum atomic E-state index is -1.40. The van der Waals surface area contributed by atoms with E-state index in [9.17, 15) is 9.90 Å². The van der Waals surface area contributed by atoms with Gasteiger partial charge in [-0.25, -0.2) is 4.98 Å². The summed E-state index contributed by atoms with van der Waals surface area (Å²) in [5.74, 6) is 2.01. The van der Waals surface area contributed by atoms with E-state index in [4.69, 9.17) is 19.2 Å². The van der Waals surface area contributed by atoms with Gasteiger partial charge in [0.1, 0.15) is 31.2 Å². The van der Waals surface area contributed by atoms with Crippen molar-refractivity contribution in [2.75, 3.05) is 13.2 Å². The summed E-state index contributed by atoms with van der Waals surface area (Å²) >= 11 is 0. The third-order valence-electron chi connectivity index (χ3n) is 7.73. The third-order valence-corrected chi connectivity index (χ3v) is 7.73. The van der Waals surface area contributed by atoms with Crippen LogP contribution in [0.2, 0.25) is 0 Å². The lowest BCUT2D eigenvalue weighted by Gasteiger charge is -2.35. The summed E-state index contributed by atoms with van der Waals surface area (Å²) in [6.07, 6.45) is 1.16. The molecule has 0 unspecified atom stereocenters. The van der Waals surface area contributed by atoms with Gasteiger partial charge in [-0.3, -0.25) is 4.79 Å². The first-order valence-corrected chi connectivity index (χ1v) is 12.4. The molecule has 35 heavy (non-hydrogen) atoms. The lowest BCUT2D eigenvalue weighted by atomic mass is 9.84. The molecule has 3 aromatic rings. The van der Waals surface area contributed by atoms with Gasteiger partial charge in [0, 0.05) is 28.1 Å². The Hall–Kier alpha value is -3.32. The van der Waals surface area contributed by atoms with E-state index >= 15 is 0 Å². The number of aromatic nitrogens is 2. The number of hydrogen-bond acceptors (Lipinski definition) is 6. The van der Waals surface area contributed by atoms with Gasteiger partial charge in [-0.1, -0.05) is 34.3 Å². The highest BCUT2D eigenvalue weighted by Crippen LogP contribution is 2.47. The molecule has 1 aromatic carbocycles. The summed E-state index contributed by atoms with van der Waals surface area (Å²) in [7, 11) is 0. The molecule has 1 N–H and O–H groups in total. The number of pyridine rings is 2. The SMILES string of the molecule is C=C1OCc2c(cc3n(c2=O)Cc2c-3nc3cc4c(c(C(C)C)c3c2CC)OCCO4)[C@@]1(O)CC. The molecule has 0 saturated heterocycles. The maximum absolute atomic E-state index is 13.6. The van der Waals surface area contributed by atoms with Gasteiger partial charge < -0.3 is 23.9 Å². The highest BCUT2D eigenvalue weighted by Gasteiger charge is 2.41. The zero-order valence-corrected chi connectivity index (χ0v) is 20.7. The Morgan fingerprint density at radius 2 is 1.94 bits per heavy atom. The Morgan fingerprint density at radius 1 is 1.17 bits per heavy atom. The standard InChI is InChI=1S/C28H30N2O5/c1-6-16-17-12-30-21(10-19-18(27(30)31)13-35-15(5)28(19,32)7-2)25(17)29-20-11-22-26(34-9-8-33-22)23(14(3)4)24(16)20/h10-11,14,32H,5-9,12-13H2,1-4H3/t28-/m1/s1. The van der Waals surface area contributed by atoms with E-state index in [0.717, 1.165) is 51.3 Å². The van der Waals surface area contributed by atoms with Crippen molar-refractivity contribution in [3.8, 4) is 22.9 Å². The first-order chi connectivity index (χ1) is 16.8. The van der Waals surface area contributed by atoms with Crippen LogP contribution in [0.15, 0.2) is 29.3 Å². The lowest BCUT2D eigenvalue weighted by Crippen LogP contribution is -2.38. The van der Waals surface area contributed by atoms with E-state index in [0.29, 0.717) is 37.3 Å². The molecule has 7 nitrogen and oxygen atoms in total. The van der Waals surface area contributed by atoms with Gasteiger partial charge in [0.2, 0.25) is 0 Å². The highest BCUT2D eigenvalue weighted by atomic mass is 16.6. The predicted molar refractivity (Wildman–Crippen MR) is 133 cm³/mol. The second-order valence-electron chi connectivity index (χ2n) is 9.87. The van der Waals surface area contributed by atoms with Gasteiger partial charge in [-0.05, 0) is 30.4 Å². The van der Waals surface area contributed by atoms with E-state index < -0.39 is 5.60 Å². The number of ether oxygens (including phenoxy) is 3. The van der Waals surface area contributed by atoms with Crippen molar-refractivity contribution in [1.29, 1.82) is 0 Å². The van der Waals surface area contributed by atoms with Crippen molar-refractivity contribution < 1.29 is 19.3 Å². The molecule has 0 bridgehead atoms. The normalized spacial score (nSPS) is 20.0. The fraction of sp³-hybridized carbons (Fsp3) is 0.429. The Bertz CT molecular complexity index is 1490. The number of rotatable bonds is 3. The van der Waals surface area contributed by atoms with Crippen LogP contribution < -0.4 is 15.0 Å². The van der Waals surface area contributed by atoms with Crippen molar-refractivity contribution in [2.45, 2.75) is 65.2 Å². The predicted octanol–water partition coefficient (Wildman–Crippen LogP) is 4.52. The Balaban J connectivity index is 1.68. The minimum Gasteiger partial charge on any atom is -0.490 e. The molecular formula is C28H30N2O5. The van der Waals surface area contributed by atoms with Gasteiger partial charge in [-0.15, -0.1) is 0 Å². The van der Waals surface area contributed by atoms with Crippen LogP contribution in [0.3, 0.4) is 0 Å². The van der Waals surface area contributed by atoms with E-state index in [1.807, 2.05) is 19.1 Å². The summed E-state index contributed by atoms with van der Waals surface area (Å²) in [6, 6.07) is 3.88. The molecule has 6 rings (SSSR count). The van der Waals surface area contributed by atoms with Crippen LogP contribution in [-0.4, -0.2) is 27.9 Å². The quantitative estimate of drug-likeness (QED) is 0.470. The summed E-state index contributed by atoms with van der Waals surface area (Å²) in [5, 5.41) is 12.5. The molecule has 0 amide bonds. The second kappa shape index (κ2) is 7.59. The van der Waals surface area contributed by atoms with Crippen molar-refractivity contribution in [2.24, 2.45) is 0 Å². The molecule has 0 aliphatic carbocycles. The average Bonchev–Trinajstić information content (AvgIpc) is 3.22. The fourth-order valence-corrected chi connectivity index (χ4v) is 5.93. The zero-order chi connectivity index (χ0) is 24.6. The zero-order valence-electron chi connectivity index (χ0n) is 20.7. The van der Waals surface area contributed by atoms with Gasteiger partial charge in [0.25, 0.3) is 5.56 Å². The van der Waals surface area contributed by atoms with E-state index in [1.165, 1.54) is 5.56 Å². The minimum absolute atomic E-state index is 0.112. The molecule has 5 heterocycles. The number of benzene rings is 1. The molecule has 2 aromatic heterocycles. The molecule has 0 spiro atoms. The Kier molecular flexibility index (Phi) is 4.81. The van der Waals surface area contributed by atoms with Crippen LogP contribution in [0.5, 0.6) is 11.5 Å². The monoisotopic (exact) mass is 474 g/mol. The lowest BCUT2D eigenvalue weighted by molar-refractivity contribution is -0.0172. The molecular weight excluding hydrogens is 444 g/mol. The van der Waals surface area contributed by atoms with Crippen LogP contribution in [0.4, 0.5) is 0 Å². The summed E-state index contributed by atoms with van der Waals surface area (Å²) in [4.78, 5) is 18.7. The Labute approximate surface area is 204 Å². The van der Waals surface area contributed by atoms with Crippen molar-refractivity contribution in [3.63, 3.8) is 0 Å². The molecule has 182 valence electrons. The molecule has 0 fully saturated rings. The summed E-state index contributed by atoms with van der Waals surface area (Å²) in [5.41, 5.74) is 5.21. The van der Waals surface area contributed by atoms with Crippen molar-refractivity contribution in [1.82, 2.24) is 9.55 Å². The Morgan fingerprint density at radius 3 is 2.66 bits per heavy atom. The largest absolute Gasteiger partial charge is 0.490 e. The number of aryl methyl sites for hydroxylation is 1. The van der Waals surface area contributed by atoms with Crippen LogP contribution in [0.1, 0.15) is 67.9 Å². The van der Waals surface area contributed by atoms with Crippen LogP contribution >= 0.6 is 0 Å². The van der Waals surface area contributed by atoms with E-state index in [2.05, 4.69) is 27.4 Å². The maximum Gasteiger partial charge on any atom is 0.258 e. The maximum atomic E-state index is 13.6. The van der Waals surface area contributed by atoms with E-state index in [1.54, 1.807) is 4.57 Å². The molecule has 0 radical (unpaired) electrons. The third kappa shape index (κ3) is 2.88. The van der Waals surface area contributed by atoms with E-state index in [-0.39, 0.29) is 23.8 Å². The van der Waals surface area contributed by atoms with Crippen molar-refractivity contribution in [3.05, 3.63) is 62.6 Å². The fourth-order valence-electron chi connectivity index (χ4n) is 5.93. The van der Waals surface area contributed by atoms with Crippen LogP contribution in [0, 0.1) is 0 Å².